The van der Waals surface area contributed by atoms with Crippen LogP contribution in [0.25, 0.3) is 6.08 Å². The number of benzene rings is 2. The summed E-state index contributed by atoms with van der Waals surface area (Å²) in [4.78, 5) is 38.1. The second kappa shape index (κ2) is 7.42. The van der Waals surface area contributed by atoms with E-state index in [1.54, 1.807) is 24.3 Å². The van der Waals surface area contributed by atoms with Crippen LogP contribution in [0.15, 0.2) is 46.4 Å². The first-order valence-corrected chi connectivity index (χ1v) is 8.72. The topological polar surface area (TPSA) is 95.9 Å². The second-order valence-electron chi connectivity index (χ2n) is 5.49. The van der Waals surface area contributed by atoms with Gasteiger partial charge in [0.2, 0.25) is 0 Å². The summed E-state index contributed by atoms with van der Waals surface area (Å²) in [5.74, 6) is -1.80. The summed E-state index contributed by atoms with van der Waals surface area (Å²) in [5.41, 5.74) is 0.377. The third kappa shape index (κ3) is 3.67. The smallest absolute Gasteiger partial charge is 0.335 e. The number of methoxy groups -OCH3 is 1. The number of barbiturate groups is 1. The number of hydrogen-bond donors (Lipinski definition) is 2. The molecule has 0 bridgehead atoms. The summed E-state index contributed by atoms with van der Waals surface area (Å²) in [6.45, 7) is 0. The fourth-order valence-electron chi connectivity index (χ4n) is 2.51. The SMILES string of the molecule is COc1cc(/C=C2/C(=O)NC(=O)N(c3cccc(Br)c3)C2=O)cc(Cl)c1O. The fraction of sp³-hybridized carbons (Fsp3) is 0.0556. The molecule has 1 saturated heterocycles. The minimum absolute atomic E-state index is 0.00945. The van der Waals surface area contributed by atoms with Crippen LogP contribution in [0.5, 0.6) is 11.5 Å². The molecule has 4 amide bonds. The highest BCUT2D eigenvalue weighted by molar-refractivity contribution is 9.10. The van der Waals surface area contributed by atoms with Crippen molar-refractivity contribution in [1.29, 1.82) is 0 Å². The Hall–Kier alpha value is -2.84. The summed E-state index contributed by atoms with van der Waals surface area (Å²) < 4.78 is 5.68. The number of hydrogen-bond acceptors (Lipinski definition) is 5. The number of carbonyl (C=O) groups is 3. The standard InChI is InChI=1S/C18H12BrClN2O5/c1-27-14-7-9(6-13(20)15(14)23)5-12-16(24)21-18(26)22(17(12)25)11-4-2-3-10(19)8-11/h2-8,23H,1H3,(H,21,24,26)/b12-5-. The summed E-state index contributed by atoms with van der Waals surface area (Å²) in [6.07, 6.45) is 1.27. The maximum absolute atomic E-state index is 12.8. The van der Waals surface area contributed by atoms with Gasteiger partial charge >= 0.3 is 6.03 Å². The summed E-state index contributed by atoms with van der Waals surface area (Å²) in [7, 11) is 1.34. The van der Waals surface area contributed by atoms with Gasteiger partial charge in [-0.05, 0) is 42.0 Å². The highest BCUT2D eigenvalue weighted by atomic mass is 79.9. The average Bonchev–Trinajstić information content (AvgIpc) is 2.61. The van der Waals surface area contributed by atoms with Gasteiger partial charge in [0.1, 0.15) is 5.57 Å². The Labute approximate surface area is 167 Å². The maximum Gasteiger partial charge on any atom is 0.335 e. The first-order valence-electron chi connectivity index (χ1n) is 7.55. The predicted molar refractivity (Wildman–Crippen MR) is 103 cm³/mol. The number of amides is 4. The van der Waals surface area contributed by atoms with Gasteiger partial charge in [-0.2, -0.15) is 0 Å². The Kier molecular flexibility index (Phi) is 5.20. The van der Waals surface area contributed by atoms with E-state index in [0.717, 1.165) is 4.90 Å². The normalized spacial score (nSPS) is 15.9. The van der Waals surface area contributed by atoms with E-state index in [1.165, 1.54) is 25.3 Å². The van der Waals surface area contributed by atoms with E-state index in [4.69, 9.17) is 16.3 Å². The Bertz CT molecular complexity index is 1010. The van der Waals surface area contributed by atoms with E-state index >= 15 is 0 Å². The molecule has 0 radical (unpaired) electrons. The number of phenols is 1. The molecule has 7 nitrogen and oxygen atoms in total. The number of carbonyl (C=O) groups excluding carboxylic acids is 3. The first kappa shape index (κ1) is 18.9. The van der Waals surface area contributed by atoms with E-state index in [-0.39, 0.29) is 22.1 Å². The molecule has 9 heteroatoms. The van der Waals surface area contributed by atoms with Crippen molar-refractivity contribution in [1.82, 2.24) is 5.32 Å². The van der Waals surface area contributed by atoms with Crippen molar-refractivity contribution in [3.8, 4) is 11.5 Å². The molecule has 27 heavy (non-hydrogen) atoms. The zero-order chi connectivity index (χ0) is 19.7. The number of nitrogens with one attached hydrogen (secondary N) is 1. The number of aromatic hydroxyl groups is 1. The highest BCUT2D eigenvalue weighted by Gasteiger charge is 2.36. The van der Waals surface area contributed by atoms with E-state index < -0.39 is 17.8 Å². The van der Waals surface area contributed by atoms with E-state index in [1.807, 2.05) is 0 Å². The Balaban J connectivity index is 2.06. The highest BCUT2D eigenvalue weighted by Crippen LogP contribution is 2.36. The molecule has 2 N–H and O–H groups in total. The van der Waals surface area contributed by atoms with Crippen molar-refractivity contribution in [2.75, 3.05) is 12.0 Å². The van der Waals surface area contributed by atoms with Crippen molar-refractivity contribution in [3.05, 3.63) is 57.0 Å². The zero-order valence-corrected chi connectivity index (χ0v) is 16.2. The van der Waals surface area contributed by atoms with Crippen molar-refractivity contribution in [2.45, 2.75) is 0 Å². The fourth-order valence-corrected chi connectivity index (χ4v) is 3.11. The predicted octanol–water partition coefficient (Wildman–Crippen LogP) is 3.48. The summed E-state index contributed by atoms with van der Waals surface area (Å²) >= 11 is 9.22. The average molecular weight is 452 g/mol. The van der Waals surface area contributed by atoms with E-state index in [2.05, 4.69) is 21.2 Å². The molecule has 1 fully saturated rings. The Morgan fingerprint density at radius 1 is 1.22 bits per heavy atom. The molecular weight excluding hydrogens is 440 g/mol. The van der Waals surface area contributed by atoms with Crippen LogP contribution < -0.4 is 15.0 Å². The molecule has 1 heterocycles. The molecule has 0 aliphatic carbocycles. The number of rotatable bonds is 3. The molecule has 2 aromatic carbocycles. The molecule has 0 spiro atoms. The lowest BCUT2D eigenvalue weighted by molar-refractivity contribution is -0.122. The lowest BCUT2D eigenvalue weighted by Crippen LogP contribution is -2.54. The maximum atomic E-state index is 12.8. The molecule has 3 rings (SSSR count). The number of ether oxygens (including phenoxy) is 1. The Morgan fingerprint density at radius 2 is 1.96 bits per heavy atom. The minimum atomic E-state index is -0.846. The largest absolute Gasteiger partial charge is 0.503 e. The van der Waals surface area contributed by atoms with Gasteiger partial charge in [-0.25, -0.2) is 9.69 Å². The van der Waals surface area contributed by atoms with Gasteiger partial charge in [-0.3, -0.25) is 14.9 Å². The molecule has 0 saturated carbocycles. The number of halogens is 2. The Morgan fingerprint density at radius 3 is 2.63 bits per heavy atom. The lowest BCUT2D eigenvalue weighted by Gasteiger charge is -2.26. The van der Waals surface area contributed by atoms with Crippen molar-refractivity contribution < 1.29 is 24.2 Å². The number of urea groups is 1. The van der Waals surface area contributed by atoms with Crippen LogP contribution in [0.2, 0.25) is 5.02 Å². The molecule has 138 valence electrons. The van der Waals surface area contributed by atoms with Gasteiger partial charge in [0, 0.05) is 4.47 Å². The van der Waals surface area contributed by atoms with Gasteiger partial charge in [0.15, 0.2) is 11.5 Å². The number of anilines is 1. The van der Waals surface area contributed by atoms with Crippen molar-refractivity contribution >= 4 is 57.1 Å². The number of phenolic OH excluding ortho intramolecular Hbond substituents is 1. The molecule has 1 aliphatic heterocycles. The van der Waals surface area contributed by atoms with Gasteiger partial charge in [0.25, 0.3) is 11.8 Å². The number of nitrogens with zero attached hydrogens (tertiary/aromatic N) is 1. The van der Waals surface area contributed by atoms with Crippen LogP contribution in [0.4, 0.5) is 10.5 Å². The van der Waals surface area contributed by atoms with Crippen LogP contribution in [0.3, 0.4) is 0 Å². The van der Waals surface area contributed by atoms with Gasteiger partial charge in [0.05, 0.1) is 17.8 Å². The van der Waals surface area contributed by atoms with Gasteiger partial charge in [-0.15, -0.1) is 0 Å². The van der Waals surface area contributed by atoms with E-state index in [0.29, 0.717) is 15.7 Å². The molecule has 0 atom stereocenters. The lowest BCUT2D eigenvalue weighted by atomic mass is 10.1. The summed E-state index contributed by atoms with van der Waals surface area (Å²) in [5, 5.41) is 11.9. The van der Waals surface area contributed by atoms with Crippen molar-refractivity contribution in [3.63, 3.8) is 0 Å². The zero-order valence-electron chi connectivity index (χ0n) is 13.8. The van der Waals surface area contributed by atoms with Gasteiger partial charge < -0.3 is 9.84 Å². The van der Waals surface area contributed by atoms with Crippen LogP contribution in [-0.2, 0) is 9.59 Å². The van der Waals surface area contributed by atoms with Crippen LogP contribution in [0.1, 0.15) is 5.56 Å². The molecule has 1 aliphatic rings. The van der Waals surface area contributed by atoms with Gasteiger partial charge in [-0.1, -0.05) is 33.6 Å². The third-order valence-electron chi connectivity index (χ3n) is 3.75. The van der Waals surface area contributed by atoms with Crippen LogP contribution in [0, 0.1) is 0 Å². The quantitative estimate of drug-likeness (QED) is 0.550. The number of imide groups is 2. The first-order chi connectivity index (χ1) is 12.8. The minimum Gasteiger partial charge on any atom is -0.503 e. The van der Waals surface area contributed by atoms with Crippen LogP contribution >= 0.6 is 27.5 Å². The van der Waals surface area contributed by atoms with Crippen molar-refractivity contribution in [2.24, 2.45) is 0 Å². The van der Waals surface area contributed by atoms with Crippen LogP contribution in [-0.4, -0.2) is 30.1 Å². The molecular formula is C18H12BrClN2O5. The summed E-state index contributed by atoms with van der Waals surface area (Å²) in [6, 6.07) is 8.47. The molecule has 0 aromatic heterocycles. The van der Waals surface area contributed by atoms with E-state index in [9.17, 15) is 19.5 Å². The molecule has 0 unspecified atom stereocenters. The second-order valence-corrected chi connectivity index (χ2v) is 6.81. The third-order valence-corrected chi connectivity index (χ3v) is 4.53. The molecule has 2 aromatic rings. The monoisotopic (exact) mass is 450 g/mol.